The van der Waals surface area contributed by atoms with Crippen molar-refractivity contribution in [2.24, 2.45) is 0 Å². The van der Waals surface area contributed by atoms with Gasteiger partial charge in [-0.25, -0.2) is 9.59 Å². The number of benzene rings is 4. The van der Waals surface area contributed by atoms with Gasteiger partial charge in [-0.3, -0.25) is 9.59 Å². The van der Waals surface area contributed by atoms with Crippen LogP contribution in [0, 0.1) is 0 Å². The van der Waals surface area contributed by atoms with E-state index in [-0.39, 0.29) is 11.1 Å². The maximum Gasteiger partial charge on any atom is 0.349 e. The van der Waals surface area contributed by atoms with Crippen molar-refractivity contribution in [3.8, 4) is 0 Å². The van der Waals surface area contributed by atoms with E-state index in [9.17, 15) is 19.2 Å². The van der Waals surface area contributed by atoms with Crippen LogP contribution in [-0.4, -0.2) is 11.8 Å². The molecule has 0 aliphatic rings. The third-order valence-corrected chi connectivity index (χ3v) is 6.60. The minimum Gasteiger partial charge on any atom is -0.422 e. The molecule has 200 valence electrons. The quantitative estimate of drug-likeness (QED) is 0.250. The number of hydrogen-bond donors (Lipinski definition) is 2. The Morgan fingerprint density at radius 2 is 0.927 bits per heavy atom. The lowest BCUT2D eigenvalue weighted by molar-refractivity contribution is 0.101. The third-order valence-electron chi connectivity index (χ3n) is 6.60. The third kappa shape index (κ3) is 5.53. The molecule has 4 aromatic carbocycles. The van der Waals surface area contributed by atoms with E-state index in [1.807, 2.05) is 24.3 Å². The molecule has 6 rings (SSSR count). The molecule has 8 nitrogen and oxygen atoms in total. The van der Waals surface area contributed by atoms with Crippen molar-refractivity contribution in [1.29, 1.82) is 0 Å². The van der Waals surface area contributed by atoms with Gasteiger partial charge in [0, 0.05) is 22.1 Å². The summed E-state index contributed by atoms with van der Waals surface area (Å²) in [5.41, 5.74) is 2.40. The standard InChI is InChI=1S/C33H22N2O6/c36-30(26-18-22-5-1-3-7-28(22)40-32(26)38)34-24-13-9-20(10-14-24)17-21-11-15-25(16-12-21)35-31(37)27-19-23-6-2-4-8-29(23)41-33(27)39/h1-16,18-19H,17H2,(H,34,36)(H,35,37). The second-order valence-corrected chi connectivity index (χ2v) is 9.45. The number of para-hydroxylation sites is 2. The van der Waals surface area contributed by atoms with Gasteiger partial charge in [-0.2, -0.15) is 0 Å². The summed E-state index contributed by atoms with van der Waals surface area (Å²) in [5.74, 6) is -1.09. The van der Waals surface area contributed by atoms with Crippen LogP contribution in [-0.2, 0) is 6.42 Å². The van der Waals surface area contributed by atoms with Crippen LogP contribution in [0.4, 0.5) is 11.4 Å². The summed E-state index contributed by atoms with van der Waals surface area (Å²) < 4.78 is 10.5. The van der Waals surface area contributed by atoms with Crippen LogP contribution in [0.15, 0.2) is 128 Å². The zero-order valence-corrected chi connectivity index (χ0v) is 21.5. The molecule has 0 fully saturated rings. The molecule has 2 N–H and O–H groups in total. The second-order valence-electron chi connectivity index (χ2n) is 9.45. The SMILES string of the molecule is O=C(Nc1ccc(Cc2ccc(NC(=O)c3cc4ccccc4oc3=O)cc2)cc1)c1cc2ccccc2oc1=O. The topological polar surface area (TPSA) is 119 Å². The summed E-state index contributed by atoms with van der Waals surface area (Å²) >= 11 is 0. The van der Waals surface area contributed by atoms with Crippen molar-refractivity contribution < 1.29 is 18.4 Å². The number of nitrogens with one attached hydrogen (secondary N) is 2. The molecule has 0 bridgehead atoms. The van der Waals surface area contributed by atoms with E-state index >= 15 is 0 Å². The number of hydrogen-bond acceptors (Lipinski definition) is 6. The fourth-order valence-corrected chi connectivity index (χ4v) is 4.48. The van der Waals surface area contributed by atoms with Gasteiger partial charge in [0.05, 0.1) is 0 Å². The van der Waals surface area contributed by atoms with Crippen molar-refractivity contribution in [1.82, 2.24) is 0 Å². The van der Waals surface area contributed by atoms with Crippen LogP contribution >= 0.6 is 0 Å². The maximum absolute atomic E-state index is 12.7. The molecule has 0 saturated carbocycles. The van der Waals surface area contributed by atoms with Gasteiger partial charge in [-0.1, -0.05) is 60.7 Å². The molecule has 2 amide bonds. The van der Waals surface area contributed by atoms with Gasteiger partial charge >= 0.3 is 11.3 Å². The number of carbonyl (C=O) groups excluding carboxylic acids is 2. The van der Waals surface area contributed by atoms with Gasteiger partial charge in [0.2, 0.25) is 0 Å². The second kappa shape index (κ2) is 10.8. The highest BCUT2D eigenvalue weighted by atomic mass is 16.4. The van der Waals surface area contributed by atoms with Gasteiger partial charge < -0.3 is 19.5 Å². The highest BCUT2D eigenvalue weighted by Crippen LogP contribution is 2.19. The number of amides is 2. The molecule has 2 heterocycles. The Labute approximate surface area is 232 Å². The molecular weight excluding hydrogens is 520 g/mol. The largest absolute Gasteiger partial charge is 0.422 e. The average molecular weight is 543 g/mol. The fourth-order valence-electron chi connectivity index (χ4n) is 4.48. The zero-order valence-electron chi connectivity index (χ0n) is 21.5. The first-order chi connectivity index (χ1) is 19.9. The maximum atomic E-state index is 12.7. The van der Waals surface area contributed by atoms with Crippen LogP contribution in [0.25, 0.3) is 21.9 Å². The Morgan fingerprint density at radius 3 is 1.34 bits per heavy atom. The van der Waals surface area contributed by atoms with Crippen LogP contribution in [0.3, 0.4) is 0 Å². The summed E-state index contributed by atoms with van der Waals surface area (Å²) in [5, 5.41) is 6.81. The molecule has 0 atom stereocenters. The molecule has 0 saturated heterocycles. The average Bonchev–Trinajstić information content (AvgIpc) is 2.98. The molecule has 0 aliphatic carbocycles. The molecular formula is C33H22N2O6. The van der Waals surface area contributed by atoms with E-state index in [1.54, 1.807) is 72.8 Å². The minimum absolute atomic E-state index is 0.0681. The highest BCUT2D eigenvalue weighted by Gasteiger charge is 2.15. The van der Waals surface area contributed by atoms with E-state index < -0.39 is 23.1 Å². The van der Waals surface area contributed by atoms with E-state index in [2.05, 4.69) is 10.6 Å². The Balaban J connectivity index is 1.09. The first-order valence-corrected chi connectivity index (χ1v) is 12.8. The molecule has 6 aromatic rings. The zero-order chi connectivity index (χ0) is 28.3. The molecule has 8 heteroatoms. The van der Waals surface area contributed by atoms with Crippen molar-refractivity contribution in [3.05, 3.63) is 152 Å². The Kier molecular flexibility index (Phi) is 6.71. The Hall–Kier alpha value is -5.76. The number of rotatable bonds is 6. The molecule has 2 aromatic heterocycles. The minimum atomic E-state index is -0.696. The summed E-state index contributed by atoms with van der Waals surface area (Å²) in [6.45, 7) is 0. The van der Waals surface area contributed by atoms with Gasteiger partial charge in [-0.05, 0) is 66.1 Å². The number of anilines is 2. The van der Waals surface area contributed by atoms with Gasteiger partial charge in [0.15, 0.2) is 0 Å². The lowest BCUT2D eigenvalue weighted by Crippen LogP contribution is -2.20. The van der Waals surface area contributed by atoms with E-state index in [0.29, 0.717) is 39.7 Å². The van der Waals surface area contributed by atoms with E-state index in [4.69, 9.17) is 8.83 Å². The van der Waals surface area contributed by atoms with Gasteiger partial charge in [-0.15, -0.1) is 0 Å². The van der Waals surface area contributed by atoms with Crippen LogP contribution in [0.1, 0.15) is 31.8 Å². The van der Waals surface area contributed by atoms with Crippen molar-refractivity contribution in [2.75, 3.05) is 10.6 Å². The molecule has 0 radical (unpaired) electrons. The first kappa shape index (κ1) is 25.5. The molecule has 0 aliphatic heterocycles. The molecule has 0 unspecified atom stereocenters. The molecule has 0 spiro atoms. The van der Waals surface area contributed by atoms with E-state index in [0.717, 1.165) is 11.1 Å². The van der Waals surface area contributed by atoms with Crippen LogP contribution in [0.5, 0.6) is 0 Å². The van der Waals surface area contributed by atoms with Crippen molar-refractivity contribution in [2.45, 2.75) is 6.42 Å². The normalized spacial score (nSPS) is 10.9. The number of fused-ring (bicyclic) bond motifs is 2. The molecule has 41 heavy (non-hydrogen) atoms. The lowest BCUT2D eigenvalue weighted by Gasteiger charge is -2.08. The fraction of sp³-hybridized carbons (Fsp3) is 0.0303. The summed E-state index contributed by atoms with van der Waals surface area (Å²) in [7, 11) is 0. The van der Waals surface area contributed by atoms with Crippen LogP contribution < -0.4 is 21.9 Å². The predicted octanol–water partition coefficient (Wildman–Crippen LogP) is 5.99. The van der Waals surface area contributed by atoms with Crippen LogP contribution in [0.2, 0.25) is 0 Å². The Morgan fingerprint density at radius 1 is 0.537 bits per heavy atom. The highest BCUT2D eigenvalue weighted by molar-refractivity contribution is 6.06. The summed E-state index contributed by atoms with van der Waals surface area (Å²) in [6, 6.07) is 31.6. The van der Waals surface area contributed by atoms with Crippen molar-refractivity contribution >= 4 is 45.1 Å². The smallest absolute Gasteiger partial charge is 0.349 e. The van der Waals surface area contributed by atoms with E-state index in [1.165, 1.54) is 12.1 Å². The van der Waals surface area contributed by atoms with Gasteiger partial charge in [0.25, 0.3) is 11.8 Å². The Bertz CT molecular complexity index is 1890. The summed E-state index contributed by atoms with van der Waals surface area (Å²) in [6.07, 6.45) is 0.616. The number of carbonyl (C=O) groups is 2. The van der Waals surface area contributed by atoms with Gasteiger partial charge in [0.1, 0.15) is 22.3 Å². The summed E-state index contributed by atoms with van der Waals surface area (Å²) in [4.78, 5) is 50.0. The van der Waals surface area contributed by atoms with Crippen molar-refractivity contribution in [3.63, 3.8) is 0 Å². The first-order valence-electron chi connectivity index (χ1n) is 12.8. The lowest BCUT2D eigenvalue weighted by atomic mass is 10.0. The predicted molar refractivity (Wildman–Crippen MR) is 157 cm³/mol. The monoisotopic (exact) mass is 542 g/mol.